The number of Topliss-reactive ketones (excluding diaryl/α,β-unsaturated/α-hetero) is 1. The third-order valence-electron chi connectivity index (χ3n) is 3.65. The summed E-state index contributed by atoms with van der Waals surface area (Å²) in [6.07, 6.45) is 0. The molecule has 0 amide bonds. The number of imidazole rings is 1. The molecule has 0 radical (unpaired) electrons. The highest BCUT2D eigenvalue weighted by Gasteiger charge is 2.14. The standard InChI is InChI=1S/C16H13F2N3O/c1-20-13-4-2-3-5-14(13)21(16(20)19)9-15(22)10-6-7-11(17)12(18)8-10/h2-8,19H,9H2,1H3. The van der Waals surface area contributed by atoms with Crippen LogP contribution in [0.4, 0.5) is 8.78 Å². The Kier molecular flexibility index (Phi) is 3.36. The molecule has 0 saturated carbocycles. The van der Waals surface area contributed by atoms with Gasteiger partial charge in [-0.05, 0) is 30.3 Å². The minimum absolute atomic E-state index is 0.0822. The van der Waals surface area contributed by atoms with Crippen molar-refractivity contribution < 1.29 is 13.6 Å². The molecular formula is C16H13F2N3O. The average molecular weight is 301 g/mol. The van der Waals surface area contributed by atoms with Crippen LogP contribution in [0.3, 0.4) is 0 Å². The number of benzene rings is 2. The highest BCUT2D eigenvalue weighted by Crippen LogP contribution is 2.14. The molecule has 1 aromatic heterocycles. The second kappa shape index (κ2) is 5.22. The van der Waals surface area contributed by atoms with Gasteiger partial charge in [-0.25, -0.2) is 8.78 Å². The van der Waals surface area contributed by atoms with Gasteiger partial charge < -0.3 is 9.13 Å². The second-order valence-electron chi connectivity index (χ2n) is 5.01. The van der Waals surface area contributed by atoms with Crippen LogP contribution in [0.5, 0.6) is 0 Å². The van der Waals surface area contributed by atoms with E-state index in [1.165, 1.54) is 6.07 Å². The van der Waals surface area contributed by atoms with Crippen LogP contribution in [0, 0.1) is 17.0 Å². The molecule has 3 rings (SSSR count). The van der Waals surface area contributed by atoms with Crippen molar-refractivity contribution in [3.05, 3.63) is 65.3 Å². The number of aryl methyl sites for hydroxylation is 1. The maximum Gasteiger partial charge on any atom is 0.203 e. The Morgan fingerprint density at radius 2 is 1.77 bits per heavy atom. The van der Waals surface area contributed by atoms with Crippen LogP contribution in [0.15, 0.2) is 42.5 Å². The number of hydrogen-bond donors (Lipinski definition) is 1. The lowest BCUT2D eigenvalue weighted by Crippen LogP contribution is -2.26. The van der Waals surface area contributed by atoms with E-state index in [0.29, 0.717) is 0 Å². The Morgan fingerprint density at radius 1 is 1.09 bits per heavy atom. The Balaban J connectivity index is 2.03. The number of halogens is 2. The highest BCUT2D eigenvalue weighted by atomic mass is 19.2. The van der Waals surface area contributed by atoms with Gasteiger partial charge in [-0.3, -0.25) is 10.2 Å². The van der Waals surface area contributed by atoms with Gasteiger partial charge in [0.25, 0.3) is 0 Å². The number of carbonyl (C=O) groups excluding carboxylic acids is 1. The first-order valence-corrected chi connectivity index (χ1v) is 6.66. The van der Waals surface area contributed by atoms with E-state index in [2.05, 4.69) is 0 Å². The number of fused-ring (bicyclic) bond motifs is 1. The van der Waals surface area contributed by atoms with Gasteiger partial charge in [0.15, 0.2) is 17.4 Å². The van der Waals surface area contributed by atoms with Crippen molar-refractivity contribution in [2.45, 2.75) is 6.54 Å². The highest BCUT2D eigenvalue weighted by molar-refractivity contribution is 5.96. The first-order valence-electron chi connectivity index (χ1n) is 6.66. The number of para-hydroxylation sites is 2. The summed E-state index contributed by atoms with van der Waals surface area (Å²) in [5.74, 6) is -2.43. The SMILES string of the molecule is Cn1c(=N)n(CC(=O)c2ccc(F)c(F)c2)c2ccccc21. The minimum atomic E-state index is -1.06. The number of nitrogens with zero attached hydrogens (tertiary/aromatic N) is 2. The van der Waals surface area contributed by atoms with E-state index < -0.39 is 11.6 Å². The summed E-state index contributed by atoms with van der Waals surface area (Å²) in [6.45, 7) is -0.106. The summed E-state index contributed by atoms with van der Waals surface area (Å²) in [6, 6.07) is 10.4. The van der Waals surface area contributed by atoms with E-state index in [1.807, 2.05) is 24.3 Å². The summed E-state index contributed by atoms with van der Waals surface area (Å²) in [5.41, 5.74) is 1.81. The monoisotopic (exact) mass is 301 g/mol. The molecule has 1 heterocycles. The Bertz CT molecular complexity index is 940. The molecular weight excluding hydrogens is 288 g/mol. The molecule has 1 N–H and O–H groups in total. The average Bonchev–Trinajstić information content (AvgIpc) is 2.75. The predicted octanol–water partition coefficient (Wildman–Crippen LogP) is 2.62. The van der Waals surface area contributed by atoms with Gasteiger partial charge >= 0.3 is 0 Å². The zero-order valence-corrected chi connectivity index (χ0v) is 11.8. The Morgan fingerprint density at radius 3 is 2.45 bits per heavy atom. The fourth-order valence-electron chi connectivity index (χ4n) is 2.45. The van der Waals surface area contributed by atoms with Gasteiger partial charge in [0.1, 0.15) is 0 Å². The molecule has 0 bridgehead atoms. The second-order valence-corrected chi connectivity index (χ2v) is 5.01. The van der Waals surface area contributed by atoms with Crippen LogP contribution in [0.25, 0.3) is 11.0 Å². The van der Waals surface area contributed by atoms with E-state index in [1.54, 1.807) is 16.2 Å². The van der Waals surface area contributed by atoms with Gasteiger partial charge in [-0.2, -0.15) is 0 Å². The normalized spacial score (nSPS) is 11.0. The van der Waals surface area contributed by atoms with E-state index in [4.69, 9.17) is 5.41 Å². The van der Waals surface area contributed by atoms with E-state index in [-0.39, 0.29) is 23.5 Å². The largest absolute Gasteiger partial charge is 0.313 e. The quantitative estimate of drug-likeness (QED) is 0.743. The molecule has 0 atom stereocenters. The number of aromatic nitrogens is 2. The van der Waals surface area contributed by atoms with Crippen molar-refractivity contribution >= 4 is 16.8 Å². The van der Waals surface area contributed by atoms with Crippen molar-refractivity contribution in [1.82, 2.24) is 9.13 Å². The molecule has 0 aliphatic carbocycles. The van der Waals surface area contributed by atoms with Crippen LogP contribution in [-0.4, -0.2) is 14.9 Å². The summed E-state index contributed by atoms with van der Waals surface area (Å²) in [4.78, 5) is 12.3. The minimum Gasteiger partial charge on any atom is -0.313 e. The molecule has 0 saturated heterocycles. The van der Waals surface area contributed by atoms with Gasteiger partial charge in [0.2, 0.25) is 5.62 Å². The number of nitrogens with one attached hydrogen (secondary N) is 1. The molecule has 22 heavy (non-hydrogen) atoms. The molecule has 3 aromatic rings. The van der Waals surface area contributed by atoms with Crippen LogP contribution >= 0.6 is 0 Å². The fraction of sp³-hybridized carbons (Fsp3) is 0.125. The molecule has 0 aliphatic heterocycles. The summed E-state index contributed by atoms with van der Waals surface area (Å²) < 4.78 is 29.4. The number of hydrogen-bond acceptors (Lipinski definition) is 2. The van der Waals surface area contributed by atoms with Crippen LogP contribution in [0.2, 0.25) is 0 Å². The van der Waals surface area contributed by atoms with Crippen LogP contribution in [0.1, 0.15) is 10.4 Å². The third kappa shape index (κ3) is 2.22. The molecule has 112 valence electrons. The van der Waals surface area contributed by atoms with Gasteiger partial charge in [0.05, 0.1) is 17.6 Å². The fourth-order valence-corrected chi connectivity index (χ4v) is 2.45. The predicted molar refractivity (Wildman–Crippen MR) is 77.5 cm³/mol. The summed E-state index contributed by atoms with van der Waals surface area (Å²) in [5, 5.41) is 8.10. The summed E-state index contributed by atoms with van der Waals surface area (Å²) >= 11 is 0. The first kappa shape index (κ1) is 14.2. The molecule has 6 heteroatoms. The van der Waals surface area contributed by atoms with Gasteiger partial charge in [-0.15, -0.1) is 0 Å². The molecule has 0 aliphatic rings. The lowest BCUT2D eigenvalue weighted by molar-refractivity contribution is 0.0971. The molecule has 0 spiro atoms. The van der Waals surface area contributed by atoms with E-state index in [9.17, 15) is 13.6 Å². The first-order chi connectivity index (χ1) is 10.5. The topological polar surface area (TPSA) is 50.8 Å². The Hall–Kier alpha value is -2.76. The maximum absolute atomic E-state index is 13.2. The van der Waals surface area contributed by atoms with Crippen molar-refractivity contribution in [1.29, 1.82) is 5.41 Å². The van der Waals surface area contributed by atoms with Crippen molar-refractivity contribution in [2.75, 3.05) is 0 Å². The molecule has 2 aromatic carbocycles. The van der Waals surface area contributed by atoms with E-state index >= 15 is 0 Å². The lowest BCUT2D eigenvalue weighted by Gasteiger charge is -2.04. The van der Waals surface area contributed by atoms with Crippen molar-refractivity contribution in [3.63, 3.8) is 0 Å². The van der Waals surface area contributed by atoms with Crippen LogP contribution < -0.4 is 5.62 Å². The number of ketones is 1. The molecule has 4 nitrogen and oxygen atoms in total. The third-order valence-corrected chi connectivity index (χ3v) is 3.65. The maximum atomic E-state index is 13.2. The molecule has 0 unspecified atom stereocenters. The smallest absolute Gasteiger partial charge is 0.203 e. The van der Waals surface area contributed by atoms with Gasteiger partial charge in [-0.1, -0.05) is 12.1 Å². The number of carbonyl (C=O) groups is 1. The number of rotatable bonds is 3. The Labute approximate surface area is 124 Å². The summed E-state index contributed by atoms with van der Waals surface area (Å²) in [7, 11) is 1.74. The molecule has 0 fully saturated rings. The lowest BCUT2D eigenvalue weighted by atomic mass is 10.1. The van der Waals surface area contributed by atoms with Crippen LogP contribution in [-0.2, 0) is 13.6 Å². The zero-order valence-electron chi connectivity index (χ0n) is 11.8. The zero-order chi connectivity index (χ0) is 15.9. The van der Waals surface area contributed by atoms with E-state index in [0.717, 1.165) is 23.2 Å². The van der Waals surface area contributed by atoms with Crippen molar-refractivity contribution in [3.8, 4) is 0 Å². The van der Waals surface area contributed by atoms with Crippen molar-refractivity contribution in [2.24, 2.45) is 7.05 Å². The van der Waals surface area contributed by atoms with Gasteiger partial charge in [0, 0.05) is 12.6 Å².